The molecule has 3 aromatic carbocycles. The van der Waals surface area contributed by atoms with Gasteiger partial charge in [0.05, 0.1) is 10.6 Å². The Balaban J connectivity index is 2.05. The predicted molar refractivity (Wildman–Crippen MR) is 143 cm³/mol. The highest BCUT2D eigenvalue weighted by molar-refractivity contribution is 7.92. The summed E-state index contributed by atoms with van der Waals surface area (Å²) in [7, 11) is -2.68. The van der Waals surface area contributed by atoms with Crippen molar-refractivity contribution in [3.8, 4) is 0 Å². The van der Waals surface area contributed by atoms with Gasteiger partial charge in [0.1, 0.15) is 12.6 Å². The first kappa shape index (κ1) is 27.5. The zero-order valence-corrected chi connectivity index (χ0v) is 22.4. The van der Waals surface area contributed by atoms with E-state index in [4.69, 9.17) is 23.2 Å². The molecule has 7 nitrogen and oxygen atoms in total. The zero-order valence-electron chi connectivity index (χ0n) is 20.1. The molecule has 1 atom stereocenters. The first-order valence-electron chi connectivity index (χ1n) is 11.1. The van der Waals surface area contributed by atoms with Gasteiger partial charge in [-0.05, 0) is 55.8 Å². The number of halogens is 2. The van der Waals surface area contributed by atoms with Crippen LogP contribution in [0.25, 0.3) is 0 Å². The molecule has 0 aliphatic rings. The van der Waals surface area contributed by atoms with Crippen molar-refractivity contribution in [3.05, 3.63) is 94.0 Å². The molecule has 10 heteroatoms. The van der Waals surface area contributed by atoms with Crippen LogP contribution in [0.4, 0.5) is 5.69 Å². The second-order valence-electron chi connectivity index (χ2n) is 8.21. The molecule has 190 valence electrons. The minimum Gasteiger partial charge on any atom is -0.357 e. The highest BCUT2D eigenvalue weighted by Crippen LogP contribution is 2.27. The average Bonchev–Trinajstić information content (AvgIpc) is 2.85. The molecule has 0 saturated carbocycles. The van der Waals surface area contributed by atoms with Gasteiger partial charge in [0.2, 0.25) is 11.8 Å². The lowest BCUT2D eigenvalue weighted by Gasteiger charge is -2.32. The van der Waals surface area contributed by atoms with E-state index in [2.05, 4.69) is 5.32 Å². The van der Waals surface area contributed by atoms with Crippen molar-refractivity contribution in [1.82, 2.24) is 10.2 Å². The molecule has 0 aromatic heterocycles. The van der Waals surface area contributed by atoms with E-state index in [0.717, 1.165) is 9.87 Å². The van der Waals surface area contributed by atoms with Gasteiger partial charge in [0, 0.05) is 23.6 Å². The molecule has 3 aromatic rings. The Morgan fingerprint density at radius 2 is 1.64 bits per heavy atom. The summed E-state index contributed by atoms with van der Waals surface area (Å²) in [5.41, 5.74) is 1.74. The van der Waals surface area contributed by atoms with Crippen molar-refractivity contribution < 1.29 is 18.0 Å². The largest absolute Gasteiger partial charge is 0.357 e. The van der Waals surface area contributed by atoms with Crippen LogP contribution < -0.4 is 9.62 Å². The summed E-state index contributed by atoms with van der Waals surface area (Å²) < 4.78 is 28.4. The van der Waals surface area contributed by atoms with Gasteiger partial charge in [-0.3, -0.25) is 13.9 Å². The molecule has 0 aliphatic carbocycles. The number of nitrogens with one attached hydrogen (secondary N) is 1. The van der Waals surface area contributed by atoms with E-state index in [1.54, 1.807) is 61.5 Å². The van der Waals surface area contributed by atoms with Crippen LogP contribution in [0.15, 0.2) is 77.7 Å². The van der Waals surface area contributed by atoms with Gasteiger partial charge in [-0.2, -0.15) is 0 Å². The van der Waals surface area contributed by atoms with Crippen LogP contribution in [-0.4, -0.2) is 44.8 Å². The number of rotatable bonds is 9. The third-order valence-electron chi connectivity index (χ3n) is 5.70. The molecule has 2 amide bonds. The van der Waals surface area contributed by atoms with Crippen molar-refractivity contribution in [2.75, 3.05) is 17.9 Å². The fraction of sp³-hybridized carbons (Fsp3) is 0.231. The van der Waals surface area contributed by atoms with Crippen molar-refractivity contribution in [1.29, 1.82) is 0 Å². The quantitative estimate of drug-likeness (QED) is 0.422. The van der Waals surface area contributed by atoms with Gasteiger partial charge in [0.15, 0.2) is 0 Å². The van der Waals surface area contributed by atoms with Gasteiger partial charge >= 0.3 is 0 Å². The summed E-state index contributed by atoms with van der Waals surface area (Å²) >= 11 is 12.5. The van der Waals surface area contributed by atoms with E-state index in [9.17, 15) is 18.0 Å². The van der Waals surface area contributed by atoms with E-state index in [1.807, 2.05) is 6.92 Å². The molecule has 36 heavy (non-hydrogen) atoms. The Morgan fingerprint density at radius 1 is 0.972 bits per heavy atom. The summed E-state index contributed by atoms with van der Waals surface area (Å²) in [5.74, 6) is -0.979. The van der Waals surface area contributed by atoms with Gasteiger partial charge in [-0.15, -0.1) is 0 Å². The highest BCUT2D eigenvalue weighted by atomic mass is 35.5. The number of likely N-dealkylation sites (N-methyl/N-ethyl adjacent to an activating group) is 1. The maximum Gasteiger partial charge on any atom is 0.264 e. The standard InChI is InChI=1S/C26H27Cl2N3O4S/c1-18-11-13-23(14-12-18)36(34,35)31(22-9-6-8-21(27)15-22)17-25(32)30(19(2)26(33)29-3)16-20-7-4-5-10-24(20)28/h4-15,19H,16-17H2,1-3H3,(H,29,33)/t19-/m1/s1. The van der Waals surface area contributed by atoms with Crippen LogP contribution in [0.3, 0.4) is 0 Å². The second-order valence-corrected chi connectivity index (χ2v) is 10.9. The monoisotopic (exact) mass is 547 g/mol. The minimum atomic E-state index is -4.15. The van der Waals surface area contributed by atoms with Crippen molar-refractivity contribution in [2.24, 2.45) is 0 Å². The lowest BCUT2D eigenvalue weighted by atomic mass is 10.1. The third kappa shape index (κ3) is 6.37. The average molecular weight is 548 g/mol. The van der Waals surface area contributed by atoms with Gasteiger partial charge < -0.3 is 10.2 Å². The number of amides is 2. The minimum absolute atomic E-state index is 0.0149. The second kappa shape index (κ2) is 11.8. The van der Waals surface area contributed by atoms with E-state index >= 15 is 0 Å². The van der Waals surface area contributed by atoms with Gasteiger partial charge in [0.25, 0.3) is 10.0 Å². The maximum absolute atomic E-state index is 13.7. The van der Waals surface area contributed by atoms with Crippen molar-refractivity contribution in [2.45, 2.75) is 31.3 Å². The Morgan fingerprint density at radius 3 is 2.25 bits per heavy atom. The van der Waals surface area contributed by atoms with Crippen LogP contribution in [0.1, 0.15) is 18.1 Å². The summed E-state index contributed by atoms with van der Waals surface area (Å²) in [5, 5.41) is 3.28. The number of carbonyl (C=O) groups excluding carboxylic acids is 2. The molecular weight excluding hydrogens is 521 g/mol. The summed E-state index contributed by atoms with van der Waals surface area (Å²) in [6.45, 7) is 2.89. The SMILES string of the molecule is CNC(=O)[C@@H](C)N(Cc1ccccc1Cl)C(=O)CN(c1cccc(Cl)c1)S(=O)(=O)c1ccc(C)cc1. The molecule has 0 heterocycles. The molecule has 0 unspecified atom stereocenters. The first-order chi connectivity index (χ1) is 17.0. The number of benzene rings is 3. The molecule has 0 saturated heterocycles. The summed E-state index contributed by atoms with van der Waals surface area (Å²) in [6, 6.07) is 18.7. The Bertz CT molecular complexity index is 1350. The molecule has 0 bridgehead atoms. The normalized spacial score (nSPS) is 12.0. The Kier molecular flexibility index (Phi) is 9.00. The number of anilines is 1. The van der Waals surface area contributed by atoms with Crippen LogP contribution in [0.2, 0.25) is 10.0 Å². The summed E-state index contributed by atoms with van der Waals surface area (Å²) in [4.78, 5) is 27.5. The lowest BCUT2D eigenvalue weighted by molar-refractivity contribution is -0.139. The first-order valence-corrected chi connectivity index (χ1v) is 13.3. The van der Waals surface area contributed by atoms with E-state index in [-0.39, 0.29) is 17.1 Å². The van der Waals surface area contributed by atoms with E-state index in [0.29, 0.717) is 15.6 Å². The zero-order chi connectivity index (χ0) is 26.5. The van der Waals surface area contributed by atoms with Crippen molar-refractivity contribution in [3.63, 3.8) is 0 Å². The van der Waals surface area contributed by atoms with Gasteiger partial charge in [-0.1, -0.05) is 65.2 Å². The van der Waals surface area contributed by atoms with Crippen LogP contribution >= 0.6 is 23.2 Å². The van der Waals surface area contributed by atoms with E-state index < -0.39 is 34.4 Å². The number of aryl methyl sites for hydroxylation is 1. The number of hydrogen-bond donors (Lipinski definition) is 1. The highest BCUT2D eigenvalue weighted by Gasteiger charge is 2.32. The third-order valence-corrected chi connectivity index (χ3v) is 8.09. The topological polar surface area (TPSA) is 86.8 Å². The molecule has 0 radical (unpaired) electrons. The van der Waals surface area contributed by atoms with Crippen LogP contribution in [-0.2, 0) is 26.2 Å². The molecule has 0 spiro atoms. The lowest BCUT2D eigenvalue weighted by Crippen LogP contribution is -2.50. The molecule has 3 rings (SSSR count). The number of carbonyl (C=O) groups is 2. The molecular formula is C26H27Cl2N3O4S. The van der Waals surface area contributed by atoms with Crippen LogP contribution in [0.5, 0.6) is 0 Å². The van der Waals surface area contributed by atoms with Crippen LogP contribution in [0, 0.1) is 6.92 Å². The number of hydrogen-bond acceptors (Lipinski definition) is 4. The van der Waals surface area contributed by atoms with E-state index in [1.165, 1.54) is 30.1 Å². The molecule has 1 N–H and O–H groups in total. The predicted octanol–water partition coefficient (Wildman–Crippen LogP) is 4.66. The van der Waals surface area contributed by atoms with Gasteiger partial charge in [-0.25, -0.2) is 8.42 Å². The molecule has 0 aliphatic heterocycles. The Labute approximate surface area is 221 Å². The fourth-order valence-electron chi connectivity index (χ4n) is 3.60. The smallest absolute Gasteiger partial charge is 0.264 e. The number of sulfonamides is 1. The number of nitrogens with zero attached hydrogens (tertiary/aromatic N) is 2. The Hall–Kier alpha value is -3.07. The van der Waals surface area contributed by atoms with Crippen molar-refractivity contribution >= 4 is 50.7 Å². The molecule has 0 fully saturated rings. The fourth-order valence-corrected chi connectivity index (χ4v) is 5.39. The maximum atomic E-state index is 13.7. The summed E-state index contributed by atoms with van der Waals surface area (Å²) in [6.07, 6.45) is 0.